The van der Waals surface area contributed by atoms with Gasteiger partial charge in [0.2, 0.25) is 0 Å². The predicted molar refractivity (Wildman–Crippen MR) is 135 cm³/mol. The van der Waals surface area contributed by atoms with Gasteiger partial charge < -0.3 is 15.3 Å². The molecule has 0 atom stereocenters. The lowest BCUT2D eigenvalue weighted by Gasteiger charge is -2.38. The number of hydrogen-bond acceptors (Lipinski definition) is 10. The summed E-state index contributed by atoms with van der Waals surface area (Å²) in [6, 6.07) is 3.82. The summed E-state index contributed by atoms with van der Waals surface area (Å²) in [5, 5.41) is 22.1. The largest absolute Gasteiger partial charge is 0.396 e. The van der Waals surface area contributed by atoms with Crippen LogP contribution in [0.4, 0.5) is 17.5 Å². The van der Waals surface area contributed by atoms with Gasteiger partial charge in [0.15, 0.2) is 11.6 Å². The molecule has 4 aromatic rings. The van der Waals surface area contributed by atoms with E-state index in [0.29, 0.717) is 35.9 Å². The fourth-order valence-electron chi connectivity index (χ4n) is 4.35. The summed E-state index contributed by atoms with van der Waals surface area (Å²) in [5.74, 6) is 2.65. The first-order valence-corrected chi connectivity index (χ1v) is 13.5. The number of pyridine rings is 1. The van der Waals surface area contributed by atoms with Crippen LogP contribution in [-0.4, -0.2) is 72.4 Å². The van der Waals surface area contributed by atoms with Gasteiger partial charge in [-0.1, -0.05) is 0 Å². The molecule has 0 spiro atoms. The molecule has 0 radical (unpaired) electrons. The van der Waals surface area contributed by atoms with E-state index in [2.05, 4.69) is 44.1 Å². The van der Waals surface area contributed by atoms with Crippen molar-refractivity contribution in [2.45, 2.75) is 38.0 Å². The molecule has 5 heterocycles. The Morgan fingerprint density at radius 3 is 2.69 bits per heavy atom. The highest BCUT2D eigenvalue weighted by molar-refractivity contribution is 7.90. The van der Waals surface area contributed by atoms with Gasteiger partial charge in [0.1, 0.15) is 11.6 Å². The maximum Gasteiger partial charge on any atom is 0.256 e. The molecule has 6 rings (SSSR count). The Morgan fingerprint density at radius 2 is 1.97 bits per heavy atom. The molecule has 4 aromatic heterocycles. The smallest absolute Gasteiger partial charge is 0.256 e. The molecule has 1 aliphatic carbocycles. The van der Waals surface area contributed by atoms with Gasteiger partial charge in [-0.2, -0.15) is 14.3 Å². The second kappa shape index (κ2) is 8.52. The number of fused-ring (bicyclic) bond motifs is 1. The summed E-state index contributed by atoms with van der Waals surface area (Å²) in [4.78, 5) is 15.6. The van der Waals surface area contributed by atoms with Gasteiger partial charge in [-0.25, -0.2) is 23.4 Å². The van der Waals surface area contributed by atoms with Crippen molar-refractivity contribution < 1.29 is 13.5 Å². The van der Waals surface area contributed by atoms with E-state index in [9.17, 15) is 13.5 Å². The SMILES string of the molecule is CC(C)n1nc(N2CC(CO)C2)c2cnc(Nc3ccnc(-c4cnn(S(=O)(=O)C5CC5)c4)n3)cc21. The molecule has 1 aliphatic heterocycles. The second-order valence-electron chi connectivity index (χ2n) is 9.64. The quantitative estimate of drug-likeness (QED) is 0.363. The minimum absolute atomic E-state index is 0.153. The Balaban J connectivity index is 1.27. The fraction of sp³-hybridized carbons (Fsp3) is 0.435. The van der Waals surface area contributed by atoms with Crippen LogP contribution in [0.25, 0.3) is 22.3 Å². The Morgan fingerprint density at radius 1 is 1.17 bits per heavy atom. The van der Waals surface area contributed by atoms with Crippen LogP contribution < -0.4 is 10.2 Å². The fourth-order valence-corrected chi connectivity index (χ4v) is 5.82. The molecular formula is C23H27N9O3S. The molecule has 0 unspecified atom stereocenters. The number of rotatable bonds is 8. The zero-order valence-electron chi connectivity index (χ0n) is 20.0. The Bertz CT molecular complexity index is 1540. The van der Waals surface area contributed by atoms with Crippen molar-refractivity contribution >= 4 is 38.4 Å². The lowest BCUT2D eigenvalue weighted by Crippen LogP contribution is -2.48. The van der Waals surface area contributed by atoms with Gasteiger partial charge in [0.05, 0.1) is 34.1 Å². The van der Waals surface area contributed by atoms with Crippen molar-refractivity contribution in [3.05, 3.63) is 36.9 Å². The monoisotopic (exact) mass is 509 g/mol. The molecule has 0 aromatic carbocycles. The highest BCUT2D eigenvalue weighted by Crippen LogP contribution is 2.34. The van der Waals surface area contributed by atoms with Crippen LogP contribution in [0.3, 0.4) is 0 Å². The average molecular weight is 510 g/mol. The zero-order chi connectivity index (χ0) is 25.0. The normalized spacial score (nSPS) is 16.6. The first kappa shape index (κ1) is 22.9. The van der Waals surface area contributed by atoms with Crippen LogP contribution in [-0.2, 0) is 10.0 Å². The standard InChI is InChI=1S/C23H27N9O3S/c1-14(2)32-19-7-21(25-9-18(19)23(29-32)30-10-15(11-30)13-33)27-20-5-6-24-22(28-20)16-8-26-31(12-16)36(34,35)17-3-4-17/h5-9,12,14-15,17,33H,3-4,10-11,13H2,1-2H3,(H,24,25,27,28). The molecule has 2 aliphatic rings. The van der Waals surface area contributed by atoms with Gasteiger partial charge in [0.25, 0.3) is 10.0 Å². The summed E-state index contributed by atoms with van der Waals surface area (Å²) >= 11 is 0. The van der Waals surface area contributed by atoms with Crippen LogP contribution in [0.1, 0.15) is 32.7 Å². The average Bonchev–Trinajstić information content (AvgIpc) is 3.46. The number of hydrogen-bond donors (Lipinski definition) is 2. The predicted octanol–water partition coefficient (Wildman–Crippen LogP) is 2.18. The van der Waals surface area contributed by atoms with E-state index in [1.807, 2.05) is 10.7 Å². The number of aromatic nitrogens is 7. The Labute approximate surface area is 208 Å². The first-order chi connectivity index (χ1) is 17.3. The lowest BCUT2D eigenvalue weighted by molar-refractivity contribution is 0.200. The summed E-state index contributed by atoms with van der Waals surface area (Å²) < 4.78 is 27.9. The van der Waals surface area contributed by atoms with Crippen LogP contribution in [0.2, 0.25) is 0 Å². The molecule has 0 bridgehead atoms. The second-order valence-corrected chi connectivity index (χ2v) is 11.7. The van der Waals surface area contributed by atoms with Crippen LogP contribution >= 0.6 is 0 Å². The lowest BCUT2D eigenvalue weighted by atomic mass is 10.0. The van der Waals surface area contributed by atoms with E-state index in [1.165, 1.54) is 12.4 Å². The van der Waals surface area contributed by atoms with Crippen LogP contribution in [0.15, 0.2) is 36.9 Å². The van der Waals surface area contributed by atoms with Gasteiger partial charge in [0, 0.05) is 50.1 Å². The van der Waals surface area contributed by atoms with Crippen LogP contribution in [0.5, 0.6) is 0 Å². The zero-order valence-corrected chi connectivity index (χ0v) is 20.8. The number of aliphatic hydroxyl groups is 1. The van der Waals surface area contributed by atoms with Crippen molar-refractivity contribution in [2.24, 2.45) is 5.92 Å². The topological polar surface area (TPSA) is 144 Å². The minimum Gasteiger partial charge on any atom is -0.396 e. The summed E-state index contributed by atoms with van der Waals surface area (Å²) in [6.45, 7) is 5.91. The first-order valence-electron chi connectivity index (χ1n) is 12.0. The Hall–Kier alpha value is -3.58. The summed E-state index contributed by atoms with van der Waals surface area (Å²) in [7, 11) is -3.45. The molecule has 13 heteroatoms. The van der Waals surface area contributed by atoms with Crippen molar-refractivity contribution in [2.75, 3.05) is 29.9 Å². The summed E-state index contributed by atoms with van der Waals surface area (Å²) in [6.07, 6.45) is 7.67. The molecular weight excluding hydrogens is 482 g/mol. The molecule has 0 amide bonds. The maximum atomic E-state index is 12.4. The van der Waals surface area contributed by atoms with Crippen molar-refractivity contribution in [3.63, 3.8) is 0 Å². The van der Waals surface area contributed by atoms with Gasteiger partial charge in [-0.15, -0.1) is 0 Å². The number of nitrogens with zero attached hydrogens (tertiary/aromatic N) is 8. The number of anilines is 3. The minimum atomic E-state index is -3.45. The summed E-state index contributed by atoms with van der Waals surface area (Å²) in [5.41, 5.74) is 1.47. The van der Waals surface area contributed by atoms with E-state index < -0.39 is 10.0 Å². The number of aliphatic hydroxyl groups excluding tert-OH is 1. The van der Waals surface area contributed by atoms with Crippen molar-refractivity contribution in [1.29, 1.82) is 0 Å². The van der Waals surface area contributed by atoms with Crippen molar-refractivity contribution in [1.82, 2.24) is 33.9 Å². The van der Waals surface area contributed by atoms with Crippen LogP contribution in [0, 0.1) is 5.92 Å². The van der Waals surface area contributed by atoms with E-state index in [0.717, 1.165) is 33.9 Å². The van der Waals surface area contributed by atoms with Gasteiger partial charge in [-0.05, 0) is 32.8 Å². The van der Waals surface area contributed by atoms with E-state index >= 15 is 0 Å². The van der Waals surface area contributed by atoms with Gasteiger partial charge >= 0.3 is 0 Å². The van der Waals surface area contributed by atoms with E-state index in [4.69, 9.17) is 5.10 Å². The molecule has 1 saturated heterocycles. The highest BCUT2D eigenvalue weighted by atomic mass is 32.2. The third-order valence-electron chi connectivity index (χ3n) is 6.51. The maximum absolute atomic E-state index is 12.4. The Kier molecular flexibility index (Phi) is 5.41. The number of nitrogens with one attached hydrogen (secondary N) is 1. The third kappa shape index (κ3) is 3.97. The molecule has 2 N–H and O–H groups in total. The molecule has 12 nitrogen and oxygen atoms in total. The molecule has 36 heavy (non-hydrogen) atoms. The van der Waals surface area contributed by atoms with E-state index in [-0.39, 0.29) is 23.8 Å². The van der Waals surface area contributed by atoms with Crippen molar-refractivity contribution in [3.8, 4) is 11.4 Å². The van der Waals surface area contributed by atoms with E-state index in [1.54, 1.807) is 18.5 Å². The molecule has 2 fully saturated rings. The third-order valence-corrected chi connectivity index (χ3v) is 8.55. The highest BCUT2D eigenvalue weighted by Gasteiger charge is 2.37. The molecule has 1 saturated carbocycles. The van der Waals surface area contributed by atoms with Gasteiger partial charge in [-0.3, -0.25) is 4.68 Å². The molecule has 188 valence electrons.